The molecule has 12 heteroatoms. The molecule has 0 radical (unpaired) electrons. The Morgan fingerprint density at radius 3 is 2.48 bits per heavy atom. The molecule has 2 aromatic carbocycles. The number of methoxy groups -OCH3 is 1. The Bertz CT molecular complexity index is 1960. The predicted molar refractivity (Wildman–Crippen MR) is 186 cm³/mol. The third kappa shape index (κ3) is 7.33. The minimum Gasteiger partial charge on any atom is -0.481 e. The molecule has 252 valence electrons. The van der Waals surface area contributed by atoms with E-state index in [0.29, 0.717) is 34.9 Å². The van der Waals surface area contributed by atoms with Crippen LogP contribution in [0.25, 0.3) is 33.2 Å². The first kappa shape index (κ1) is 34.9. The fourth-order valence-corrected chi connectivity index (χ4v) is 6.02. The summed E-state index contributed by atoms with van der Waals surface area (Å²) in [6.45, 7) is 8.04. The fourth-order valence-electron chi connectivity index (χ4n) is 5.69. The molecule has 1 aliphatic heterocycles. The van der Waals surface area contributed by atoms with Gasteiger partial charge in [0.05, 0.1) is 29.4 Å². The van der Waals surface area contributed by atoms with Crippen LogP contribution in [0.5, 0.6) is 5.88 Å². The number of anilines is 2. The van der Waals surface area contributed by atoms with Crippen LogP contribution in [0.4, 0.5) is 20.3 Å². The number of halogens is 3. The van der Waals surface area contributed by atoms with Gasteiger partial charge in [0.25, 0.3) is 12.0 Å². The monoisotopic (exact) mass is 676 g/mol. The van der Waals surface area contributed by atoms with Crippen LogP contribution < -0.4 is 20.9 Å². The van der Waals surface area contributed by atoms with Crippen LogP contribution in [0.2, 0.25) is 5.02 Å². The van der Waals surface area contributed by atoms with Gasteiger partial charge in [-0.3, -0.25) is 4.79 Å². The van der Waals surface area contributed by atoms with Crippen molar-refractivity contribution in [1.82, 2.24) is 25.1 Å². The highest BCUT2D eigenvalue weighted by atomic mass is 35.5. The summed E-state index contributed by atoms with van der Waals surface area (Å²) in [5, 5.41) is 11.6. The lowest BCUT2D eigenvalue weighted by atomic mass is 9.96. The maximum Gasteiger partial charge on any atom is 0.280 e. The van der Waals surface area contributed by atoms with Crippen molar-refractivity contribution >= 4 is 33.9 Å². The minimum atomic E-state index is -2.83. The lowest BCUT2D eigenvalue weighted by Gasteiger charge is -2.23. The number of benzene rings is 2. The van der Waals surface area contributed by atoms with E-state index < -0.39 is 17.7 Å². The Kier molecular flexibility index (Phi) is 11.4. The van der Waals surface area contributed by atoms with Gasteiger partial charge >= 0.3 is 0 Å². The highest BCUT2D eigenvalue weighted by Gasteiger charge is 2.20. The van der Waals surface area contributed by atoms with Gasteiger partial charge < -0.3 is 20.1 Å². The van der Waals surface area contributed by atoms with Gasteiger partial charge in [0.1, 0.15) is 11.5 Å². The smallest absolute Gasteiger partial charge is 0.280 e. The molecule has 5 aromatic rings. The Labute approximate surface area is 283 Å². The summed E-state index contributed by atoms with van der Waals surface area (Å²) in [7, 11) is 3.10. The van der Waals surface area contributed by atoms with Crippen LogP contribution in [0, 0.1) is 6.92 Å². The molecule has 0 amide bonds. The third-order valence-electron chi connectivity index (χ3n) is 8.26. The number of aryl methyl sites for hydroxylation is 1. The second-order valence-electron chi connectivity index (χ2n) is 11.1. The van der Waals surface area contributed by atoms with Crippen LogP contribution in [0.15, 0.2) is 65.6 Å². The molecule has 2 N–H and O–H groups in total. The largest absolute Gasteiger partial charge is 0.481 e. The van der Waals surface area contributed by atoms with Gasteiger partial charge in [-0.2, -0.15) is 5.10 Å². The van der Waals surface area contributed by atoms with E-state index in [-0.39, 0.29) is 16.6 Å². The van der Waals surface area contributed by atoms with Gasteiger partial charge in [-0.05, 0) is 49.1 Å². The number of nitrogens with zero attached hydrogens (tertiary/aromatic N) is 4. The molecule has 9 nitrogen and oxygen atoms in total. The van der Waals surface area contributed by atoms with E-state index in [1.54, 1.807) is 13.2 Å². The van der Waals surface area contributed by atoms with Gasteiger partial charge in [-0.1, -0.05) is 61.8 Å². The summed E-state index contributed by atoms with van der Waals surface area (Å²) >= 11 is 7.06. The average molecular weight is 677 g/mol. The first-order valence-corrected chi connectivity index (χ1v) is 16.3. The number of alkyl halides is 2. The van der Waals surface area contributed by atoms with Gasteiger partial charge in [0, 0.05) is 60.6 Å². The van der Waals surface area contributed by atoms with Crippen molar-refractivity contribution in [2.24, 2.45) is 7.05 Å². The topological polar surface area (TPSA) is 103 Å². The molecule has 1 fully saturated rings. The standard InChI is InChI=1S/C34H33ClF2N6O3.C2H6/c1-19-23(6-5-9-26(19)40-32-29-21(16-28(41-32)31(36)37)18-39-43(2)34(29)44)24-7-4-8-25(30(24)35)27-11-10-20(33(42-27)45-3)17-38-22-12-14-46-15-13-22;1-2/h4-11,16,18,22,31,38H,12-15,17H2,1-3H3,(H,40,41);1-2H3. The molecule has 4 heterocycles. The van der Waals surface area contributed by atoms with Gasteiger partial charge in [-0.25, -0.2) is 23.4 Å². The van der Waals surface area contributed by atoms with Crippen molar-refractivity contribution in [2.75, 3.05) is 25.6 Å². The lowest BCUT2D eigenvalue weighted by Crippen LogP contribution is -2.34. The van der Waals surface area contributed by atoms with Crippen LogP contribution >= 0.6 is 11.6 Å². The first-order valence-electron chi connectivity index (χ1n) is 15.9. The van der Waals surface area contributed by atoms with E-state index in [4.69, 9.17) is 26.1 Å². The SMILES string of the molecule is CC.COc1nc(-c2cccc(-c3cccc(Nc4nc(C(F)F)cc5cnn(C)c(=O)c45)c3C)c2Cl)ccc1CNC1CCOCC1. The maximum absolute atomic E-state index is 13.7. The molecule has 1 aliphatic rings. The van der Waals surface area contributed by atoms with Crippen LogP contribution in [0.1, 0.15) is 49.9 Å². The summed E-state index contributed by atoms with van der Waals surface area (Å²) in [6, 6.07) is 16.8. The first-order chi connectivity index (χ1) is 23.2. The molecule has 3 aromatic heterocycles. The van der Waals surface area contributed by atoms with Crippen molar-refractivity contribution in [3.05, 3.63) is 93.0 Å². The number of hydrogen-bond donors (Lipinski definition) is 2. The second-order valence-corrected chi connectivity index (χ2v) is 11.5. The summed E-state index contributed by atoms with van der Waals surface area (Å²) in [5.74, 6) is 0.548. The van der Waals surface area contributed by atoms with Crippen molar-refractivity contribution in [2.45, 2.75) is 52.6 Å². The second kappa shape index (κ2) is 15.6. The van der Waals surface area contributed by atoms with E-state index >= 15 is 0 Å². The number of fused-ring (bicyclic) bond motifs is 1. The molecule has 48 heavy (non-hydrogen) atoms. The zero-order valence-corrected chi connectivity index (χ0v) is 28.4. The lowest BCUT2D eigenvalue weighted by molar-refractivity contribution is 0.0775. The van der Waals surface area contributed by atoms with E-state index in [1.807, 2.05) is 63.2 Å². The minimum absolute atomic E-state index is 0.0265. The molecule has 0 atom stereocenters. The van der Waals surface area contributed by atoms with Crippen LogP contribution in [0.3, 0.4) is 0 Å². The Balaban J connectivity index is 0.00000221. The molecule has 0 bridgehead atoms. The molecular formula is C36H39ClF2N6O3. The quantitative estimate of drug-likeness (QED) is 0.162. The van der Waals surface area contributed by atoms with Gasteiger partial charge in [0.15, 0.2) is 0 Å². The molecule has 1 saturated heterocycles. The van der Waals surface area contributed by atoms with Gasteiger partial charge in [0.2, 0.25) is 5.88 Å². The highest BCUT2D eigenvalue weighted by Crippen LogP contribution is 2.40. The summed E-state index contributed by atoms with van der Waals surface area (Å²) < 4.78 is 39.7. The zero-order valence-electron chi connectivity index (χ0n) is 27.6. The van der Waals surface area contributed by atoms with Gasteiger partial charge in [-0.15, -0.1) is 0 Å². The summed E-state index contributed by atoms with van der Waals surface area (Å²) in [4.78, 5) is 21.9. The van der Waals surface area contributed by atoms with E-state index in [1.165, 1.54) is 19.3 Å². The van der Waals surface area contributed by atoms with E-state index in [0.717, 1.165) is 58.6 Å². The average Bonchev–Trinajstić information content (AvgIpc) is 3.11. The maximum atomic E-state index is 13.7. The normalized spacial score (nSPS) is 13.4. The number of rotatable bonds is 9. The van der Waals surface area contributed by atoms with Crippen LogP contribution in [-0.2, 0) is 18.3 Å². The number of nitrogens with one attached hydrogen (secondary N) is 2. The Morgan fingerprint density at radius 2 is 1.75 bits per heavy atom. The van der Waals surface area contributed by atoms with E-state index in [2.05, 4.69) is 20.7 Å². The molecule has 0 aliphatic carbocycles. The number of aromatic nitrogens is 4. The van der Waals surface area contributed by atoms with Crippen molar-refractivity contribution in [3.63, 3.8) is 0 Å². The van der Waals surface area contributed by atoms with Crippen molar-refractivity contribution in [1.29, 1.82) is 0 Å². The molecule has 6 rings (SSSR count). The molecule has 0 unspecified atom stereocenters. The number of ether oxygens (including phenoxy) is 2. The predicted octanol–water partition coefficient (Wildman–Crippen LogP) is 8.00. The summed E-state index contributed by atoms with van der Waals surface area (Å²) in [6.07, 6.45) is 0.490. The molecule has 0 saturated carbocycles. The van der Waals surface area contributed by atoms with Crippen molar-refractivity contribution in [3.8, 4) is 28.3 Å². The summed E-state index contributed by atoms with van der Waals surface area (Å²) in [5.41, 5.74) is 4.36. The molecular weight excluding hydrogens is 638 g/mol. The number of hydrogen-bond acceptors (Lipinski definition) is 8. The Hall–Kier alpha value is -4.45. The van der Waals surface area contributed by atoms with Crippen molar-refractivity contribution < 1.29 is 18.3 Å². The third-order valence-corrected chi connectivity index (χ3v) is 8.66. The zero-order chi connectivity index (χ0) is 34.4. The molecule has 0 spiro atoms. The van der Waals surface area contributed by atoms with Crippen LogP contribution in [-0.4, -0.2) is 46.1 Å². The highest BCUT2D eigenvalue weighted by molar-refractivity contribution is 6.36. The Morgan fingerprint density at radius 1 is 1.04 bits per heavy atom. The van der Waals surface area contributed by atoms with E-state index in [9.17, 15) is 13.6 Å². The number of pyridine rings is 2. The fraction of sp³-hybridized carbons (Fsp3) is 0.333.